The molecule has 0 unspecified atom stereocenters. The minimum absolute atomic E-state index is 0.00149. The van der Waals surface area contributed by atoms with Crippen molar-refractivity contribution in [3.8, 4) is 5.75 Å². The van der Waals surface area contributed by atoms with Gasteiger partial charge in [0.05, 0.1) is 19.7 Å². The fourth-order valence-electron chi connectivity index (χ4n) is 2.46. The van der Waals surface area contributed by atoms with Gasteiger partial charge in [0.2, 0.25) is 5.91 Å². The molecule has 1 fully saturated rings. The van der Waals surface area contributed by atoms with Crippen molar-refractivity contribution in [2.24, 2.45) is 4.99 Å². The Bertz CT molecular complexity index is 630. The maximum atomic E-state index is 11.9. The van der Waals surface area contributed by atoms with Gasteiger partial charge in [-0.05, 0) is 45.2 Å². The molecular formula is C20H32N4O3. The van der Waals surface area contributed by atoms with Crippen molar-refractivity contribution in [2.45, 2.75) is 46.2 Å². The molecule has 1 saturated carbocycles. The van der Waals surface area contributed by atoms with E-state index in [1.807, 2.05) is 39.0 Å². The van der Waals surface area contributed by atoms with Crippen LogP contribution in [0, 0.1) is 6.92 Å². The van der Waals surface area contributed by atoms with Gasteiger partial charge in [-0.3, -0.25) is 4.79 Å². The average Bonchev–Trinajstić information content (AvgIpc) is 3.46. The molecule has 0 aliphatic heterocycles. The Morgan fingerprint density at radius 3 is 2.74 bits per heavy atom. The highest BCUT2D eigenvalue weighted by atomic mass is 16.5. The fraction of sp³-hybridized carbons (Fsp3) is 0.600. The van der Waals surface area contributed by atoms with Crippen LogP contribution in [0.5, 0.6) is 5.75 Å². The second-order valence-electron chi connectivity index (χ2n) is 6.55. The molecule has 0 heterocycles. The van der Waals surface area contributed by atoms with Gasteiger partial charge < -0.3 is 25.4 Å². The van der Waals surface area contributed by atoms with Gasteiger partial charge in [0.25, 0.3) is 0 Å². The Morgan fingerprint density at radius 2 is 2.04 bits per heavy atom. The number of ether oxygens (including phenoxy) is 2. The molecule has 1 aromatic rings. The second-order valence-corrected chi connectivity index (χ2v) is 6.55. The number of hydrogen-bond acceptors (Lipinski definition) is 4. The van der Waals surface area contributed by atoms with Crippen molar-refractivity contribution in [2.75, 3.05) is 32.9 Å². The number of aliphatic imine (C=N–C) groups is 1. The molecule has 27 heavy (non-hydrogen) atoms. The highest BCUT2D eigenvalue weighted by Gasteiger charge is 2.22. The van der Waals surface area contributed by atoms with Crippen LogP contribution in [0.3, 0.4) is 0 Å². The van der Waals surface area contributed by atoms with E-state index in [1.54, 1.807) is 0 Å². The number of amides is 1. The topological polar surface area (TPSA) is 84.0 Å². The number of rotatable bonds is 11. The van der Waals surface area contributed by atoms with Crippen LogP contribution < -0.4 is 20.7 Å². The molecule has 2 rings (SSSR count). The van der Waals surface area contributed by atoms with E-state index in [2.05, 4.69) is 20.9 Å². The van der Waals surface area contributed by atoms with Crippen LogP contribution in [0.15, 0.2) is 23.2 Å². The molecule has 0 saturated heterocycles. The normalized spacial score (nSPS) is 14.0. The summed E-state index contributed by atoms with van der Waals surface area (Å²) in [6.45, 7) is 9.15. The maximum absolute atomic E-state index is 11.9. The summed E-state index contributed by atoms with van der Waals surface area (Å²) in [6, 6.07) is 6.45. The Morgan fingerprint density at radius 1 is 1.22 bits per heavy atom. The van der Waals surface area contributed by atoms with E-state index in [0.29, 0.717) is 38.4 Å². The fourth-order valence-corrected chi connectivity index (χ4v) is 2.46. The van der Waals surface area contributed by atoms with Gasteiger partial charge in [-0.15, -0.1) is 0 Å². The smallest absolute Gasteiger partial charge is 0.239 e. The summed E-state index contributed by atoms with van der Waals surface area (Å²) < 4.78 is 11.2. The first-order valence-electron chi connectivity index (χ1n) is 9.74. The lowest BCUT2D eigenvalue weighted by molar-refractivity contribution is -0.120. The average molecular weight is 377 g/mol. The van der Waals surface area contributed by atoms with Crippen molar-refractivity contribution in [1.29, 1.82) is 0 Å². The molecule has 1 aliphatic rings. The maximum Gasteiger partial charge on any atom is 0.239 e. The first kappa shape index (κ1) is 21.0. The standard InChI is InChI=1S/C20H32N4O3/c1-4-21-20(23-14-19(25)24-17-8-9-17)22-13-16-7-6-15(3)12-18(16)27-11-10-26-5-2/h6-7,12,17H,4-5,8-11,13-14H2,1-3H3,(H,24,25)(H2,21,22,23). The summed E-state index contributed by atoms with van der Waals surface area (Å²) >= 11 is 0. The zero-order chi connectivity index (χ0) is 19.5. The minimum Gasteiger partial charge on any atom is -0.491 e. The van der Waals surface area contributed by atoms with Gasteiger partial charge in [0.15, 0.2) is 5.96 Å². The number of nitrogens with zero attached hydrogens (tertiary/aromatic N) is 1. The van der Waals surface area contributed by atoms with Gasteiger partial charge in [-0.1, -0.05) is 12.1 Å². The van der Waals surface area contributed by atoms with Crippen LogP contribution >= 0.6 is 0 Å². The minimum atomic E-state index is -0.00149. The van der Waals surface area contributed by atoms with E-state index in [1.165, 1.54) is 0 Å². The van der Waals surface area contributed by atoms with E-state index in [9.17, 15) is 4.79 Å². The van der Waals surface area contributed by atoms with Crippen molar-refractivity contribution in [1.82, 2.24) is 16.0 Å². The van der Waals surface area contributed by atoms with Crippen LogP contribution in [0.1, 0.15) is 37.8 Å². The molecule has 0 spiro atoms. The molecule has 1 aromatic carbocycles. The highest BCUT2D eigenvalue weighted by Crippen LogP contribution is 2.21. The molecule has 0 radical (unpaired) electrons. The Kier molecular flexibility index (Phi) is 8.91. The largest absolute Gasteiger partial charge is 0.491 e. The lowest BCUT2D eigenvalue weighted by Crippen LogP contribution is -2.43. The predicted octanol–water partition coefficient (Wildman–Crippen LogP) is 1.74. The van der Waals surface area contributed by atoms with Crippen molar-refractivity contribution in [3.63, 3.8) is 0 Å². The summed E-state index contributed by atoms with van der Waals surface area (Å²) in [5, 5.41) is 9.20. The van der Waals surface area contributed by atoms with E-state index in [-0.39, 0.29) is 12.5 Å². The Labute approximate surface area is 161 Å². The Balaban J connectivity index is 1.93. The third-order valence-electron chi connectivity index (χ3n) is 4.02. The van der Waals surface area contributed by atoms with Crippen molar-refractivity contribution in [3.05, 3.63) is 29.3 Å². The highest BCUT2D eigenvalue weighted by molar-refractivity contribution is 5.86. The van der Waals surface area contributed by atoms with Gasteiger partial charge in [-0.25, -0.2) is 4.99 Å². The molecule has 150 valence electrons. The third kappa shape index (κ3) is 8.30. The molecule has 1 aliphatic carbocycles. The molecule has 7 heteroatoms. The van der Waals surface area contributed by atoms with Crippen LogP contribution in [0.25, 0.3) is 0 Å². The van der Waals surface area contributed by atoms with Gasteiger partial charge in [-0.2, -0.15) is 0 Å². The summed E-state index contributed by atoms with van der Waals surface area (Å²) in [5.41, 5.74) is 2.13. The van der Waals surface area contributed by atoms with E-state index < -0.39 is 0 Å². The number of carbonyl (C=O) groups is 1. The van der Waals surface area contributed by atoms with E-state index in [4.69, 9.17) is 9.47 Å². The van der Waals surface area contributed by atoms with Crippen LogP contribution in [-0.2, 0) is 16.1 Å². The van der Waals surface area contributed by atoms with Gasteiger partial charge >= 0.3 is 0 Å². The lowest BCUT2D eigenvalue weighted by Gasteiger charge is -2.14. The van der Waals surface area contributed by atoms with Crippen LogP contribution in [0.2, 0.25) is 0 Å². The summed E-state index contributed by atoms with van der Waals surface area (Å²) in [4.78, 5) is 16.4. The summed E-state index contributed by atoms with van der Waals surface area (Å²) in [7, 11) is 0. The Hall–Kier alpha value is -2.28. The quantitative estimate of drug-likeness (QED) is 0.311. The monoisotopic (exact) mass is 376 g/mol. The zero-order valence-corrected chi connectivity index (χ0v) is 16.6. The molecule has 3 N–H and O–H groups in total. The number of guanidine groups is 1. The number of aryl methyl sites for hydroxylation is 1. The van der Waals surface area contributed by atoms with Crippen LogP contribution in [0.4, 0.5) is 0 Å². The molecule has 0 atom stereocenters. The first-order chi connectivity index (χ1) is 13.1. The molecular weight excluding hydrogens is 344 g/mol. The lowest BCUT2D eigenvalue weighted by atomic mass is 10.1. The van der Waals surface area contributed by atoms with Crippen LogP contribution in [-0.4, -0.2) is 50.8 Å². The molecule has 1 amide bonds. The van der Waals surface area contributed by atoms with Crippen molar-refractivity contribution >= 4 is 11.9 Å². The third-order valence-corrected chi connectivity index (χ3v) is 4.02. The molecule has 0 bridgehead atoms. The molecule has 7 nitrogen and oxygen atoms in total. The predicted molar refractivity (Wildman–Crippen MR) is 107 cm³/mol. The zero-order valence-electron chi connectivity index (χ0n) is 16.6. The van der Waals surface area contributed by atoms with E-state index in [0.717, 1.165) is 36.3 Å². The number of nitrogens with one attached hydrogen (secondary N) is 3. The number of hydrogen-bond donors (Lipinski definition) is 3. The van der Waals surface area contributed by atoms with Gasteiger partial charge in [0.1, 0.15) is 12.4 Å². The summed E-state index contributed by atoms with van der Waals surface area (Å²) in [5.74, 6) is 1.43. The van der Waals surface area contributed by atoms with E-state index >= 15 is 0 Å². The van der Waals surface area contributed by atoms with Crippen molar-refractivity contribution < 1.29 is 14.3 Å². The van der Waals surface area contributed by atoms with Gasteiger partial charge in [0, 0.05) is 24.8 Å². The number of carbonyl (C=O) groups excluding carboxylic acids is 1. The summed E-state index contributed by atoms with van der Waals surface area (Å²) in [6.07, 6.45) is 2.17. The SMILES string of the molecule is CCNC(=NCc1ccc(C)cc1OCCOCC)NCC(=O)NC1CC1. The molecule has 0 aromatic heterocycles. The first-order valence-corrected chi connectivity index (χ1v) is 9.74. The number of benzene rings is 1. The second kappa shape index (κ2) is 11.4.